The minimum absolute atomic E-state index is 0.0992. The van der Waals surface area contributed by atoms with Gasteiger partial charge in [-0.25, -0.2) is 0 Å². The molecule has 0 atom stereocenters. The van der Waals surface area contributed by atoms with Gasteiger partial charge in [0.15, 0.2) is 0 Å². The predicted octanol–water partition coefficient (Wildman–Crippen LogP) is 4.88. The van der Waals surface area contributed by atoms with Crippen molar-refractivity contribution in [2.75, 3.05) is 25.5 Å². The lowest BCUT2D eigenvalue weighted by molar-refractivity contribution is -0.126. The van der Waals surface area contributed by atoms with E-state index in [2.05, 4.69) is 22.4 Å². The van der Waals surface area contributed by atoms with Gasteiger partial charge in [0.2, 0.25) is 16.9 Å². The number of carbonyl (C=O) groups is 2. The SMILES string of the molecule is CCCCN(CCC(=O)Nc1nnc(-c2ccc(OC)cc2)s1)C(=O)C=Cc1ccccc1. The molecule has 0 bridgehead atoms. The second-order valence-electron chi connectivity index (χ2n) is 7.36. The maximum Gasteiger partial charge on any atom is 0.246 e. The number of anilines is 1. The first kappa shape index (κ1) is 24.1. The number of rotatable bonds is 11. The van der Waals surface area contributed by atoms with Crippen LogP contribution in [0, 0.1) is 0 Å². The number of hydrogen-bond acceptors (Lipinski definition) is 6. The van der Waals surface area contributed by atoms with Gasteiger partial charge < -0.3 is 15.0 Å². The molecule has 8 heteroatoms. The molecule has 3 aromatic rings. The largest absolute Gasteiger partial charge is 0.497 e. The molecule has 0 aliphatic heterocycles. The number of hydrogen-bond donors (Lipinski definition) is 1. The highest BCUT2D eigenvalue weighted by atomic mass is 32.1. The Bertz CT molecular complexity index is 1060. The average Bonchev–Trinajstić information content (AvgIpc) is 3.31. The zero-order valence-electron chi connectivity index (χ0n) is 18.9. The van der Waals surface area contributed by atoms with Crippen LogP contribution in [-0.4, -0.2) is 47.1 Å². The zero-order valence-corrected chi connectivity index (χ0v) is 19.7. The molecule has 1 aromatic heterocycles. The second-order valence-corrected chi connectivity index (χ2v) is 8.34. The third-order valence-electron chi connectivity index (χ3n) is 4.93. The Morgan fingerprint density at radius 3 is 2.52 bits per heavy atom. The van der Waals surface area contributed by atoms with Crippen LogP contribution in [0.25, 0.3) is 16.6 Å². The van der Waals surface area contributed by atoms with Gasteiger partial charge in [-0.05, 0) is 42.3 Å². The van der Waals surface area contributed by atoms with Gasteiger partial charge in [0.05, 0.1) is 7.11 Å². The Morgan fingerprint density at radius 1 is 1.06 bits per heavy atom. The van der Waals surface area contributed by atoms with E-state index in [1.54, 1.807) is 24.2 Å². The Labute approximate surface area is 198 Å². The molecule has 0 unspecified atom stereocenters. The van der Waals surface area contributed by atoms with E-state index in [1.165, 1.54) is 11.3 Å². The second kappa shape index (κ2) is 12.5. The lowest BCUT2D eigenvalue weighted by atomic mass is 10.2. The first-order valence-corrected chi connectivity index (χ1v) is 11.7. The van der Waals surface area contributed by atoms with Crippen LogP contribution in [0.4, 0.5) is 5.13 Å². The molecular formula is C25H28N4O3S. The minimum Gasteiger partial charge on any atom is -0.497 e. The quantitative estimate of drug-likeness (QED) is 0.409. The molecule has 3 rings (SSSR count). The van der Waals surface area contributed by atoms with Gasteiger partial charge in [0.25, 0.3) is 0 Å². The van der Waals surface area contributed by atoms with Crippen molar-refractivity contribution in [3.63, 3.8) is 0 Å². The number of nitrogens with zero attached hydrogens (tertiary/aromatic N) is 3. The molecule has 0 fully saturated rings. The van der Waals surface area contributed by atoms with E-state index in [4.69, 9.17) is 4.74 Å². The standard InChI is InChI=1S/C25H28N4O3S/c1-3-4-17-29(23(31)15-10-19-8-6-5-7-9-19)18-16-22(30)26-25-28-27-24(33-25)20-11-13-21(32-2)14-12-20/h5-15H,3-4,16-18H2,1-2H3,(H,26,28,30). The molecular weight excluding hydrogens is 436 g/mol. The Kier molecular flexibility index (Phi) is 9.14. The summed E-state index contributed by atoms with van der Waals surface area (Å²) in [6, 6.07) is 17.2. The first-order chi connectivity index (χ1) is 16.1. The monoisotopic (exact) mass is 464 g/mol. The Morgan fingerprint density at radius 2 is 1.82 bits per heavy atom. The molecule has 0 aliphatic rings. The van der Waals surface area contributed by atoms with Crippen molar-refractivity contribution in [1.82, 2.24) is 15.1 Å². The van der Waals surface area contributed by atoms with E-state index in [1.807, 2.05) is 54.6 Å². The van der Waals surface area contributed by atoms with Crippen molar-refractivity contribution >= 4 is 34.4 Å². The lowest BCUT2D eigenvalue weighted by Gasteiger charge is -2.20. The first-order valence-electron chi connectivity index (χ1n) is 10.9. The number of methoxy groups -OCH3 is 1. The molecule has 0 saturated heterocycles. The molecule has 2 aromatic carbocycles. The van der Waals surface area contributed by atoms with Crippen LogP contribution in [0.5, 0.6) is 5.75 Å². The summed E-state index contributed by atoms with van der Waals surface area (Å²) < 4.78 is 5.17. The highest BCUT2D eigenvalue weighted by Crippen LogP contribution is 2.27. The van der Waals surface area contributed by atoms with E-state index in [0.29, 0.717) is 23.2 Å². The van der Waals surface area contributed by atoms with E-state index in [0.717, 1.165) is 29.7 Å². The molecule has 0 spiro atoms. The molecule has 1 N–H and O–H groups in total. The maximum atomic E-state index is 12.7. The summed E-state index contributed by atoms with van der Waals surface area (Å²) in [4.78, 5) is 26.9. The summed E-state index contributed by atoms with van der Waals surface area (Å²) in [5.41, 5.74) is 1.86. The fourth-order valence-electron chi connectivity index (χ4n) is 3.06. The van der Waals surface area contributed by atoms with Gasteiger partial charge in [-0.15, -0.1) is 10.2 Å². The number of aromatic nitrogens is 2. The fraction of sp³-hybridized carbons (Fsp3) is 0.280. The molecule has 0 saturated carbocycles. The molecule has 0 radical (unpaired) electrons. The fourth-order valence-corrected chi connectivity index (χ4v) is 3.83. The third kappa shape index (κ3) is 7.54. The van der Waals surface area contributed by atoms with Crippen molar-refractivity contribution in [1.29, 1.82) is 0 Å². The van der Waals surface area contributed by atoms with Gasteiger partial charge in [-0.1, -0.05) is 55.0 Å². The van der Waals surface area contributed by atoms with Crippen LogP contribution in [0.1, 0.15) is 31.7 Å². The summed E-state index contributed by atoms with van der Waals surface area (Å²) in [6.07, 6.45) is 5.40. The van der Waals surface area contributed by atoms with E-state index in [-0.39, 0.29) is 18.2 Å². The summed E-state index contributed by atoms with van der Waals surface area (Å²) in [5.74, 6) is 0.462. The number of benzene rings is 2. The Balaban J connectivity index is 1.54. The van der Waals surface area contributed by atoms with Gasteiger partial charge in [-0.3, -0.25) is 9.59 Å². The molecule has 172 valence electrons. The maximum absolute atomic E-state index is 12.7. The molecule has 0 aliphatic carbocycles. The number of amides is 2. The summed E-state index contributed by atoms with van der Waals surface area (Å²) in [6.45, 7) is 3.03. The number of unbranched alkanes of at least 4 members (excludes halogenated alkanes) is 1. The summed E-state index contributed by atoms with van der Waals surface area (Å²) in [7, 11) is 1.62. The Hall–Kier alpha value is -3.52. The van der Waals surface area contributed by atoms with Crippen LogP contribution >= 0.6 is 11.3 Å². The highest BCUT2D eigenvalue weighted by Gasteiger charge is 2.14. The molecule has 1 heterocycles. The molecule has 7 nitrogen and oxygen atoms in total. The van der Waals surface area contributed by atoms with Crippen molar-refractivity contribution < 1.29 is 14.3 Å². The predicted molar refractivity (Wildman–Crippen MR) is 132 cm³/mol. The van der Waals surface area contributed by atoms with Crippen molar-refractivity contribution in [2.45, 2.75) is 26.2 Å². The van der Waals surface area contributed by atoms with Crippen molar-refractivity contribution in [2.24, 2.45) is 0 Å². The number of carbonyl (C=O) groups excluding carboxylic acids is 2. The van der Waals surface area contributed by atoms with Crippen LogP contribution < -0.4 is 10.1 Å². The van der Waals surface area contributed by atoms with Crippen LogP contribution in [0.2, 0.25) is 0 Å². The van der Waals surface area contributed by atoms with Crippen molar-refractivity contribution in [3.8, 4) is 16.3 Å². The summed E-state index contributed by atoms with van der Waals surface area (Å²) >= 11 is 1.30. The number of nitrogens with one attached hydrogen (secondary N) is 1. The van der Waals surface area contributed by atoms with Crippen molar-refractivity contribution in [3.05, 3.63) is 66.2 Å². The van der Waals surface area contributed by atoms with Gasteiger partial charge >= 0.3 is 0 Å². The summed E-state index contributed by atoms with van der Waals surface area (Å²) in [5, 5.41) is 12.1. The minimum atomic E-state index is -0.200. The van der Waals surface area contributed by atoms with Gasteiger partial charge in [-0.2, -0.15) is 0 Å². The third-order valence-corrected chi connectivity index (χ3v) is 5.82. The molecule has 2 amide bonds. The van der Waals surface area contributed by atoms with Gasteiger partial charge in [0.1, 0.15) is 10.8 Å². The lowest BCUT2D eigenvalue weighted by Crippen LogP contribution is -2.33. The van der Waals surface area contributed by atoms with Crippen LogP contribution in [-0.2, 0) is 9.59 Å². The number of ether oxygens (including phenoxy) is 1. The van der Waals surface area contributed by atoms with E-state index in [9.17, 15) is 9.59 Å². The van der Waals surface area contributed by atoms with Gasteiger partial charge in [0, 0.05) is 31.1 Å². The topological polar surface area (TPSA) is 84.4 Å². The zero-order chi connectivity index (χ0) is 23.5. The smallest absolute Gasteiger partial charge is 0.246 e. The normalized spacial score (nSPS) is 10.8. The van der Waals surface area contributed by atoms with E-state index < -0.39 is 0 Å². The van der Waals surface area contributed by atoms with Crippen LogP contribution in [0.3, 0.4) is 0 Å². The highest BCUT2D eigenvalue weighted by molar-refractivity contribution is 7.18. The van der Waals surface area contributed by atoms with E-state index >= 15 is 0 Å². The average molecular weight is 465 g/mol. The molecule has 33 heavy (non-hydrogen) atoms. The van der Waals surface area contributed by atoms with Crippen LogP contribution in [0.15, 0.2) is 60.7 Å².